The number of hydrogen-bond donors (Lipinski definition) is 2. The van der Waals surface area contributed by atoms with Gasteiger partial charge in [-0.25, -0.2) is 9.97 Å². The number of carbonyl (C=O) groups is 1. The third-order valence-electron chi connectivity index (χ3n) is 2.45. The second kappa shape index (κ2) is 6.78. The van der Waals surface area contributed by atoms with Crippen LogP contribution in [0.3, 0.4) is 0 Å². The summed E-state index contributed by atoms with van der Waals surface area (Å²) in [5.74, 6) is 1.88. The zero-order valence-corrected chi connectivity index (χ0v) is 11.3. The summed E-state index contributed by atoms with van der Waals surface area (Å²) in [5.41, 5.74) is 0.888. The Balaban J connectivity index is 2.83. The zero-order chi connectivity index (χ0) is 13.5. The highest BCUT2D eigenvalue weighted by Crippen LogP contribution is 2.19. The summed E-state index contributed by atoms with van der Waals surface area (Å²) in [6.07, 6.45) is 0.739. The number of esters is 1. The number of nitrogens with one attached hydrogen (secondary N) is 2. The summed E-state index contributed by atoms with van der Waals surface area (Å²) in [4.78, 5) is 20.0. The number of ether oxygens (including phenoxy) is 1. The molecule has 0 aliphatic rings. The van der Waals surface area contributed by atoms with Crippen molar-refractivity contribution in [2.24, 2.45) is 0 Å². The molecule has 1 aromatic heterocycles. The summed E-state index contributed by atoms with van der Waals surface area (Å²) in [6, 6.07) is 0. The molecule has 0 aromatic carbocycles. The van der Waals surface area contributed by atoms with E-state index in [-0.39, 0.29) is 12.5 Å². The molecule has 18 heavy (non-hydrogen) atoms. The Kier molecular flexibility index (Phi) is 5.35. The molecule has 0 aliphatic carbocycles. The molecule has 0 saturated carbocycles. The van der Waals surface area contributed by atoms with Gasteiger partial charge in [0.25, 0.3) is 0 Å². The summed E-state index contributed by atoms with van der Waals surface area (Å²) in [5, 5.41) is 6.00. The third-order valence-corrected chi connectivity index (χ3v) is 2.45. The van der Waals surface area contributed by atoms with Gasteiger partial charge in [0, 0.05) is 19.0 Å². The van der Waals surface area contributed by atoms with Crippen molar-refractivity contribution in [1.29, 1.82) is 0 Å². The van der Waals surface area contributed by atoms with Crippen LogP contribution in [0, 0.1) is 6.92 Å². The maximum absolute atomic E-state index is 11.3. The minimum absolute atomic E-state index is 0.109. The van der Waals surface area contributed by atoms with Gasteiger partial charge in [-0.15, -0.1) is 0 Å². The van der Waals surface area contributed by atoms with Crippen LogP contribution < -0.4 is 10.6 Å². The Labute approximate surface area is 107 Å². The largest absolute Gasteiger partial charge is 0.465 e. The molecular formula is C12H20N4O2. The molecule has 0 saturated heterocycles. The molecule has 0 atom stereocenters. The molecule has 1 aromatic rings. The Hall–Kier alpha value is -1.85. The topological polar surface area (TPSA) is 76.1 Å². The van der Waals surface area contributed by atoms with Crippen molar-refractivity contribution in [3.8, 4) is 0 Å². The molecule has 0 spiro atoms. The molecule has 1 heterocycles. The Morgan fingerprint density at radius 1 is 1.28 bits per heavy atom. The molecule has 100 valence electrons. The summed E-state index contributed by atoms with van der Waals surface area (Å²) < 4.78 is 4.86. The number of rotatable bonds is 6. The molecule has 6 heteroatoms. The van der Waals surface area contributed by atoms with Gasteiger partial charge in [-0.3, -0.25) is 4.79 Å². The number of nitrogens with zero attached hydrogens (tertiary/aromatic N) is 2. The average molecular weight is 252 g/mol. The normalized spacial score (nSPS) is 10.0. The van der Waals surface area contributed by atoms with E-state index in [9.17, 15) is 4.79 Å². The van der Waals surface area contributed by atoms with E-state index in [0.29, 0.717) is 12.4 Å². The SMILES string of the molecule is CCOC(=O)CNc1nc(CC)nc(NC)c1C. The van der Waals surface area contributed by atoms with Crippen molar-refractivity contribution < 1.29 is 9.53 Å². The first-order valence-electron chi connectivity index (χ1n) is 6.07. The summed E-state index contributed by atoms with van der Waals surface area (Å²) in [6.45, 7) is 6.16. The van der Waals surface area contributed by atoms with Crippen molar-refractivity contribution in [2.75, 3.05) is 30.8 Å². The number of hydrogen-bond acceptors (Lipinski definition) is 6. The van der Waals surface area contributed by atoms with Gasteiger partial charge in [-0.1, -0.05) is 6.92 Å². The molecule has 0 bridgehead atoms. The predicted octanol–water partition coefficient (Wildman–Crippen LogP) is 1.36. The standard InChI is InChI=1S/C12H20N4O2/c1-5-9-15-11(13-4)8(3)12(16-9)14-7-10(17)18-6-2/h5-7H2,1-4H3,(H2,13,14,15,16). The van der Waals surface area contributed by atoms with Crippen LogP contribution in [0.25, 0.3) is 0 Å². The minimum Gasteiger partial charge on any atom is -0.465 e. The molecule has 1 rings (SSSR count). The van der Waals surface area contributed by atoms with Crippen LogP contribution in [-0.2, 0) is 16.0 Å². The summed E-state index contributed by atoms with van der Waals surface area (Å²) >= 11 is 0. The highest BCUT2D eigenvalue weighted by Gasteiger charge is 2.10. The van der Waals surface area contributed by atoms with Gasteiger partial charge in [-0.05, 0) is 13.8 Å². The monoisotopic (exact) mass is 252 g/mol. The molecule has 0 radical (unpaired) electrons. The van der Waals surface area contributed by atoms with E-state index in [1.807, 2.05) is 20.9 Å². The van der Waals surface area contributed by atoms with Crippen LogP contribution in [0.5, 0.6) is 0 Å². The van der Waals surface area contributed by atoms with Gasteiger partial charge >= 0.3 is 5.97 Å². The lowest BCUT2D eigenvalue weighted by molar-refractivity contribution is -0.140. The van der Waals surface area contributed by atoms with E-state index >= 15 is 0 Å². The molecule has 0 unspecified atom stereocenters. The van der Waals surface area contributed by atoms with E-state index in [4.69, 9.17) is 4.74 Å². The van der Waals surface area contributed by atoms with Crippen LogP contribution in [0.1, 0.15) is 25.2 Å². The van der Waals surface area contributed by atoms with Crippen LogP contribution in [0.15, 0.2) is 0 Å². The second-order valence-corrected chi connectivity index (χ2v) is 3.72. The van der Waals surface area contributed by atoms with Crippen molar-refractivity contribution in [3.05, 3.63) is 11.4 Å². The Morgan fingerprint density at radius 3 is 2.50 bits per heavy atom. The van der Waals surface area contributed by atoms with Crippen molar-refractivity contribution in [2.45, 2.75) is 27.2 Å². The average Bonchev–Trinajstić information content (AvgIpc) is 2.38. The van der Waals surface area contributed by atoms with Crippen LogP contribution in [0.2, 0.25) is 0 Å². The number of carbonyl (C=O) groups excluding carboxylic acids is 1. The molecule has 2 N–H and O–H groups in total. The quantitative estimate of drug-likeness (QED) is 0.745. The molecule has 0 fully saturated rings. The van der Waals surface area contributed by atoms with Crippen molar-refractivity contribution in [1.82, 2.24) is 9.97 Å². The van der Waals surface area contributed by atoms with Gasteiger partial charge < -0.3 is 15.4 Å². The van der Waals surface area contributed by atoms with Gasteiger partial charge in [0.1, 0.15) is 24.0 Å². The lowest BCUT2D eigenvalue weighted by Crippen LogP contribution is -2.19. The van der Waals surface area contributed by atoms with Crippen molar-refractivity contribution in [3.63, 3.8) is 0 Å². The summed E-state index contributed by atoms with van der Waals surface area (Å²) in [7, 11) is 1.81. The first-order chi connectivity index (χ1) is 8.62. The first kappa shape index (κ1) is 14.2. The van der Waals surface area contributed by atoms with Crippen LogP contribution >= 0.6 is 0 Å². The molecule has 0 amide bonds. The predicted molar refractivity (Wildman–Crippen MR) is 70.8 cm³/mol. The van der Waals surface area contributed by atoms with Gasteiger partial charge in [0.15, 0.2) is 0 Å². The highest BCUT2D eigenvalue weighted by molar-refractivity contribution is 5.75. The van der Waals surface area contributed by atoms with E-state index in [0.717, 1.165) is 23.6 Å². The first-order valence-corrected chi connectivity index (χ1v) is 6.07. The van der Waals surface area contributed by atoms with E-state index in [1.165, 1.54) is 0 Å². The molecule has 0 aliphatic heterocycles. The van der Waals surface area contributed by atoms with Crippen molar-refractivity contribution >= 4 is 17.6 Å². The highest BCUT2D eigenvalue weighted by atomic mass is 16.5. The maximum Gasteiger partial charge on any atom is 0.325 e. The molecular weight excluding hydrogens is 232 g/mol. The number of anilines is 2. The second-order valence-electron chi connectivity index (χ2n) is 3.72. The van der Waals surface area contributed by atoms with E-state index in [2.05, 4.69) is 20.6 Å². The fourth-order valence-electron chi connectivity index (χ4n) is 1.50. The Morgan fingerprint density at radius 2 is 1.94 bits per heavy atom. The number of aromatic nitrogens is 2. The van der Waals surface area contributed by atoms with E-state index in [1.54, 1.807) is 6.92 Å². The number of aryl methyl sites for hydroxylation is 1. The smallest absolute Gasteiger partial charge is 0.325 e. The lowest BCUT2D eigenvalue weighted by Gasteiger charge is -2.12. The maximum atomic E-state index is 11.3. The molecule has 6 nitrogen and oxygen atoms in total. The van der Waals surface area contributed by atoms with Gasteiger partial charge in [0.2, 0.25) is 0 Å². The zero-order valence-electron chi connectivity index (χ0n) is 11.3. The van der Waals surface area contributed by atoms with Crippen LogP contribution in [0.4, 0.5) is 11.6 Å². The Bertz CT molecular complexity index is 421. The van der Waals surface area contributed by atoms with Gasteiger partial charge in [-0.2, -0.15) is 0 Å². The van der Waals surface area contributed by atoms with Crippen LogP contribution in [-0.4, -0.2) is 36.1 Å². The fourth-order valence-corrected chi connectivity index (χ4v) is 1.50. The third kappa shape index (κ3) is 3.58. The minimum atomic E-state index is -0.292. The van der Waals surface area contributed by atoms with Gasteiger partial charge in [0.05, 0.1) is 6.61 Å². The lowest BCUT2D eigenvalue weighted by atomic mass is 10.3. The fraction of sp³-hybridized carbons (Fsp3) is 0.583. The van der Waals surface area contributed by atoms with E-state index < -0.39 is 0 Å².